The number of rotatable bonds is 43. The maximum Gasteiger partial charge on any atom is 0.472 e. The van der Waals surface area contributed by atoms with Gasteiger partial charge in [-0.25, -0.2) is 4.57 Å². The van der Waals surface area contributed by atoms with E-state index in [1.807, 2.05) is 21.1 Å². The van der Waals surface area contributed by atoms with Gasteiger partial charge in [0, 0.05) is 13.0 Å². The smallest absolute Gasteiger partial charge is 0.457 e. The van der Waals surface area contributed by atoms with Crippen molar-refractivity contribution in [3.8, 4) is 0 Å². The van der Waals surface area contributed by atoms with Crippen LogP contribution in [-0.4, -0.2) is 75.6 Å². The standard InChI is InChI=1S/C46H90NO7P/c1-6-8-10-12-14-16-18-20-22-23-24-26-28-30-32-34-36-38-41-51-43-45(44-53-55(49,50)52-42-40-47(3,4)5)54-46(48)39-37-35-33-31-29-27-25-21-19-17-15-13-11-9-7-2/h15,17,21,25,45H,6-14,16,18-20,22-24,26-44H2,1-5H3/p+1/b17-15-,25-21-/t45-/m1/s1. The van der Waals surface area contributed by atoms with E-state index in [1.54, 1.807) is 0 Å². The molecule has 0 amide bonds. The van der Waals surface area contributed by atoms with E-state index >= 15 is 0 Å². The minimum Gasteiger partial charge on any atom is -0.457 e. The van der Waals surface area contributed by atoms with Gasteiger partial charge in [0.25, 0.3) is 0 Å². The van der Waals surface area contributed by atoms with E-state index in [1.165, 1.54) is 128 Å². The summed E-state index contributed by atoms with van der Waals surface area (Å²) in [7, 11) is 1.67. The van der Waals surface area contributed by atoms with Crippen molar-refractivity contribution in [3.63, 3.8) is 0 Å². The average Bonchev–Trinajstić information content (AvgIpc) is 3.13. The monoisotopic (exact) mass is 801 g/mol. The van der Waals surface area contributed by atoms with Crippen molar-refractivity contribution in [2.45, 2.75) is 213 Å². The van der Waals surface area contributed by atoms with Gasteiger partial charge < -0.3 is 18.9 Å². The molecule has 0 bridgehead atoms. The van der Waals surface area contributed by atoms with Crippen LogP contribution >= 0.6 is 7.82 Å². The number of phosphoric ester groups is 1. The van der Waals surface area contributed by atoms with Crippen LogP contribution in [0.3, 0.4) is 0 Å². The van der Waals surface area contributed by atoms with Crippen LogP contribution in [-0.2, 0) is 27.9 Å². The van der Waals surface area contributed by atoms with Gasteiger partial charge in [-0.1, -0.05) is 179 Å². The molecule has 0 fully saturated rings. The first-order valence-corrected chi connectivity index (χ1v) is 24.6. The van der Waals surface area contributed by atoms with Crippen molar-refractivity contribution in [2.24, 2.45) is 0 Å². The topological polar surface area (TPSA) is 91.3 Å². The lowest BCUT2D eigenvalue weighted by atomic mass is 10.0. The Hall–Kier alpha value is -1.02. The van der Waals surface area contributed by atoms with Crippen molar-refractivity contribution in [1.82, 2.24) is 0 Å². The maximum atomic E-state index is 12.7. The van der Waals surface area contributed by atoms with Crippen LogP contribution in [0, 0.1) is 0 Å². The summed E-state index contributed by atoms with van der Waals surface area (Å²) in [5.41, 5.74) is 0. The van der Waals surface area contributed by atoms with Crippen LogP contribution in [0.15, 0.2) is 24.3 Å². The van der Waals surface area contributed by atoms with Crippen LogP contribution in [0.2, 0.25) is 0 Å². The maximum absolute atomic E-state index is 12.7. The van der Waals surface area contributed by atoms with E-state index in [2.05, 4.69) is 38.2 Å². The number of carbonyl (C=O) groups excluding carboxylic acids is 1. The fourth-order valence-electron chi connectivity index (χ4n) is 6.41. The Morgan fingerprint density at radius 3 is 1.51 bits per heavy atom. The van der Waals surface area contributed by atoms with Gasteiger partial charge >= 0.3 is 13.8 Å². The number of likely N-dealkylation sites (N-methyl/N-ethyl adjacent to an activating group) is 1. The highest BCUT2D eigenvalue weighted by Crippen LogP contribution is 2.43. The van der Waals surface area contributed by atoms with Crippen LogP contribution in [0.25, 0.3) is 0 Å². The van der Waals surface area contributed by atoms with Crippen LogP contribution in [0.1, 0.15) is 206 Å². The van der Waals surface area contributed by atoms with Gasteiger partial charge in [0.05, 0.1) is 34.4 Å². The molecule has 0 aliphatic carbocycles. The minimum atomic E-state index is -4.27. The number of hydrogen-bond donors (Lipinski definition) is 1. The van der Waals surface area contributed by atoms with E-state index in [9.17, 15) is 14.3 Å². The van der Waals surface area contributed by atoms with Gasteiger partial charge in [-0.3, -0.25) is 13.8 Å². The third-order valence-corrected chi connectivity index (χ3v) is 11.0. The number of quaternary nitrogens is 1. The van der Waals surface area contributed by atoms with E-state index < -0.39 is 13.9 Å². The summed E-state index contributed by atoms with van der Waals surface area (Å²) < 4.78 is 35.0. The lowest BCUT2D eigenvalue weighted by molar-refractivity contribution is -0.870. The van der Waals surface area contributed by atoms with Gasteiger partial charge in [-0.05, 0) is 44.9 Å². The number of unbranched alkanes of at least 4 members (excludes halogenated alkanes) is 25. The molecule has 0 heterocycles. The SMILES string of the molecule is CCCCC/C=C\C/C=C\CCCCCCCC(=O)O[C@H](COCCCCCCCCCCCCCCCCCCCC)COP(=O)(O)OCC[N+](C)(C)C. The molecular formula is C46H91NO7P+. The fraction of sp³-hybridized carbons (Fsp3) is 0.891. The molecule has 0 saturated heterocycles. The molecule has 0 aliphatic heterocycles. The van der Waals surface area contributed by atoms with Crippen molar-refractivity contribution < 1.29 is 37.3 Å². The molecule has 1 unspecified atom stereocenters. The normalized spacial score (nSPS) is 13.9. The second-order valence-electron chi connectivity index (χ2n) is 16.8. The molecule has 0 aromatic carbocycles. The third-order valence-electron chi connectivity index (χ3n) is 10.0. The number of carbonyl (C=O) groups is 1. The van der Waals surface area contributed by atoms with Gasteiger partial charge in [0.15, 0.2) is 0 Å². The first-order chi connectivity index (χ1) is 26.6. The zero-order valence-corrected chi connectivity index (χ0v) is 37.8. The average molecular weight is 801 g/mol. The van der Waals surface area contributed by atoms with Gasteiger partial charge in [0.1, 0.15) is 19.3 Å². The number of phosphoric acid groups is 1. The molecule has 0 spiro atoms. The Kier molecular flexibility index (Phi) is 39.1. The molecule has 8 nitrogen and oxygen atoms in total. The molecule has 0 aliphatic rings. The molecule has 0 radical (unpaired) electrons. The highest BCUT2D eigenvalue weighted by molar-refractivity contribution is 7.47. The predicted molar refractivity (Wildman–Crippen MR) is 233 cm³/mol. The van der Waals surface area contributed by atoms with E-state index in [-0.39, 0.29) is 25.8 Å². The molecule has 0 rings (SSSR count). The van der Waals surface area contributed by atoms with Crippen molar-refractivity contribution >= 4 is 13.8 Å². The van der Waals surface area contributed by atoms with Gasteiger partial charge in [-0.15, -0.1) is 0 Å². The van der Waals surface area contributed by atoms with Gasteiger partial charge in [-0.2, -0.15) is 0 Å². The Labute approximate surface area is 341 Å². The lowest BCUT2D eigenvalue weighted by Gasteiger charge is -2.24. The van der Waals surface area contributed by atoms with Crippen molar-refractivity contribution in [1.29, 1.82) is 0 Å². The summed E-state index contributed by atoms with van der Waals surface area (Å²) in [6.45, 7) is 5.61. The Balaban J connectivity index is 4.19. The number of ether oxygens (including phenoxy) is 2. The number of esters is 1. The zero-order valence-electron chi connectivity index (χ0n) is 36.9. The van der Waals surface area contributed by atoms with E-state index in [4.69, 9.17) is 18.5 Å². The summed E-state index contributed by atoms with van der Waals surface area (Å²) >= 11 is 0. The van der Waals surface area contributed by atoms with Gasteiger partial charge in [0.2, 0.25) is 0 Å². The van der Waals surface area contributed by atoms with Crippen molar-refractivity contribution in [2.75, 3.05) is 54.1 Å². The predicted octanol–water partition coefficient (Wildman–Crippen LogP) is 13.6. The van der Waals surface area contributed by atoms with Crippen LogP contribution in [0.4, 0.5) is 0 Å². The highest BCUT2D eigenvalue weighted by atomic mass is 31.2. The fourth-order valence-corrected chi connectivity index (χ4v) is 7.15. The van der Waals surface area contributed by atoms with E-state index in [0.717, 1.165) is 57.8 Å². The number of hydrogen-bond acceptors (Lipinski definition) is 6. The summed E-state index contributed by atoms with van der Waals surface area (Å²) in [5, 5.41) is 0. The Morgan fingerprint density at radius 1 is 0.564 bits per heavy atom. The quantitative estimate of drug-likeness (QED) is 0.0216. The second-order valence-corrected chi connectivity index (χ2v) is 18.2. The second kappa shape index (κ2) is 39.8. The lowest BCUT2D eigenvalue weighted by Crippen LogP contribution is -2.37. The first kappa shape index (κ1) is 54.0. The molecule has 2 atom stereocenters. The molecule has 0 aromatic rings. The summed E-state index contributed by atoms with van der Waals surface area (Å²) in [6, 6.07) is 0. The summed E-state index contributed by atoms with van der Waals surface area (Å²) in [4.78, 5) is 22.9. The summed E-state index contributed by atoms with van der Waals surface area (Å²) in [6.07, 6.45) is 44.9. The molecule has 9 heteroatoms. The summed E-state index contributed by atoms with van der Waals surface area (Å²) in [5.74, 6) is -0.324. The molecule has 55 heavy (non-hydrogen) atoms. The molecular weight excluding hydrogens is 709 g/mol. The Morgan fingerprint density at radius 2 is 1.00 bits per heavy atom. The molecule has 1 N–H and O–H groups in total. The van der Waals surface area contributed by atoms with Crippen LogP contribution in [0.5, 0.6) is 0 Å². The molecule has 0 aromatic heterocycles. The largest absolute Gasteiger partial charge is 0.472 e. The Bertz CT molecular complexity index is 936. The minimum absolute atomic E-state index is 0.0877. The third kappa shape index (κ3) is 43.9. The van der Waals surface area contributed by atoms with Crippen LogP contribution < -0.4 is 0 Å². The van der Waals surface area contributed by atoms with Crippen molar-refractivity contribution in [3.05, 3.63) is 24.3 Å². The first-order valence-electron chi connectivity index (χ1n) is 23.1. The highest BCUT2D eigenvalue weighted by Gasteiger charge is 2.26. The molecule has 0 saturated carbocycles. The van der Waals surface area contributed by atoms with E-state index in [0.29, 0.717) is 24.1 Å². The molecule has 326 valence electrons. The number of nitrogens with zero attached hydrogens (tertiary/aromatic N) is 1. The number of allylic oxidation sites excluding steroid dienone is 4. The zero-order chi connectivity index (χ0) is 40.6.